The highest BCUT2D eigenvalue weighted by atomic mass is 16.5. The van der Waals surface area contributed by atoms with Gasteiger partial charge in [0.15, 0.2) is 0 Å². The lowest BCUT2D eigenvalue weighted by molar-refractivity contribution is 0.0680. The number of benzene rings is 3. The largest absolute Gasteiger partial charge is 0.496 e. The van der Waals surface area contributed by atoms with Crippen LogP contribution in [0.2, 0.25) is 0 Å². The molecule has 0 atom stereocenters. The lowest BCUT2D eigenvalue weighted by atomic mass is 9.96. The zero-order valence-electron chi connectivity index (χ0n) is 20.9. The zero-order valence-corrected chi connectivity index (χ0v) is 20.9. The van der Waals surface area contributed by atoms with Crippen LogP contribution in [0, 0.1) is 0 Å². The van der Waals surface area contributed by atoms with Crippen molar-refractivity contribution in [1.82, 2.24) is 9.97 Å². The third-order valence-corrected chi connectivity index (χ3v) is 6.73. The van der Waals surface area contributed by atoms with Crippen molar-refractivity contribution in [3.63, 3.8) is 0 Å². The fraction of sp³-hybridized carbons (Fsp3) is 0.276. The van der Waals surface area contributed by atoms with E-state index in [0.717, 1.165) is 52.7 Å². The van der Waals surface area contributed by atoms with Crippen LogP contribution in [0.15, 0.2) is 60.9 Å². The minimum Gasteiger partial charge on any atom is -0.496 e. The second kappa shape index (κ2) is 10.7. The summed E-state index contributed by atoms with van der Waals surface area (Å²) in [4.78, 5) is 20.5. The van der Waals surface area contributed by atoms with Gasteiger partial charge in [-0.25, -0.2) is 14.8 Å². The molecule has 0 amide bonds. The molecule has 0 saturated heterocycles. The normalized spacial score (nSPS) is 13.1. The molecule has 1 fully saturated rings. The summed E-state index contributed by atoms with van der Waals surface area (Å²) in [5, 5.41) is 15.1. The number of hydrogen-bond acceptors (Lipinski definition) is 7. The minimum atomic E-state index is -1.01. The first-order valence-corrected chi connectivity index (χ1v) is 12.3. The summed E-state index contributed by atoms with van der Waals surface area (Å²) in [6.45, 7) is 0.622. The van der Waals surface area contributed by atoms with E-state index in [-0.39, 0.29) is 11.7 Å². The van der Waals surface area contributed by atoms with E-state index >= 15 is 0 Å². The first-order valence-electron chi connectivity index (χ1n) is 12.3. The first kappa shape index (κ1) is 24.4. The predicted octanol–water partition coefficient (Wildman–Crippen LogP) is 5.60. The molecule has 1 aromatic heterocycles. The molecule has 37 heavy (non-hydrogen) atoms. The smallest absolute Gasteiger partial charge is 0.339 e. The third-order valence-electron chi connectivity index (χ3n) is 6.73. The quantitative estimate of drug-likeness (QED) is 0.291. The van der Waals surface area contributed by atoms with Crippen LogP contribution in [-0.4, -0.2) is 47.9 Å². The van der Waals surface area contributed by atoms with Crippen molar-refractivity contribution in [1.29, 1.82) is 0 Å². The zero-order chi connectivity index (χ0) is 25.8. The first-order chi connectivity index (χ1) is 18.1. The summed E-state index contributed by atoms with van der Waals surface area (Å²) in [7, 11) is 3.35. The number of fused-ring (bicyclic) bond motifs is 1. The van der Waals surface area contributed by atoms with E-state index in [0.29, 0.717) is 30.2 Å². The Morgan fingerprint density at radius 3 is 2.54 bits per heavy atom. The number of aromatic carboxylic acids is 1. The summed E-state index contributed by atoms with van der Waals surface area (Å²) < 4.78 is 17.1. The molecule has 190 valence electrons. The van der Waals surface area contributed by atoms with Crippen molar-refractivity contribution in [2.75, 3.05) is 26.1 Å². The molecule has 1 aliphatic carbocycles. The van der Waals surface area contributed by atoms with E-state index in [4.69, 9.17) is 14.2 Å². The van der Waals surface area contributed by atoms with Crippen LogP contribution in [0.5, 0.6) is 17.2 Å². The van der Waals surface area contributed by atoms with Gasteiger partial charge in [-0.2, -0.15) is 0 Å². The molecule has 0 unspecified atom stereocenters. The molecule has 0 radical (unpaired) electrons. The molecule has 1 saturated carbocycles. The fourth-order valence-corrected chi connectivity index (χ4v) is 4.55. The Morgan fingerprint density at radius 2 is 1.81 bits per heavy atom. The highest BCUT2D eigenvalue weighted by molar-refractivity contribution is 5.93. The van der Waals surface area contributed by atoms with E-state index in [1.807, 2.05) is 30.3 Å². The molecule has 8 nitrogen and oxygen atoms in total. The fourth-order valence-electron chi connectivity index (χ4n) is 4.55. The number of carbonyl (C=O) groups is 1. The number of nitrogens with one attached hydrogen (secondary N) is 1. The molecule has 1 aliphatic rings. The molecule has 1 heterocycles. The van der Waals surface area contributed by atoms with E-state index in [2.05, 4.69) is 21.4 Å². The highest BCUT2D eigenvalue weighted by Crippen LogP contribution is 2.34. The van der Waals surface area contributed by atoms with Crippen molar-refractivity contribution in [2.24, 2.45) is 0 Å². The number of nitrogens with zero attached hydrogens (tertiary/aromatic N) is 2. The Kier molecular flexibility index (Phi) is 7.07. The van der Waals surface area contributed by atoms with Crippen LogP contribution in [0.3, 0.4) is 0 Å². The van der Waals surface area contributed by atoms with Gasteiger partial charge in [-0.3, -0.25) is 0 Å². The van der Waals surface area contributed by atoms with E-state index in [1.54, 1.807) is 32.4 Å². The van der Waals surface area contributed by atoms with Gasteiger partial charge < -0.3 is 24.6 Å². The molecule has 0 bridgehead atoms. The second-order valence-corrected chi connectivity index (χ2v) is 8.95. The number of ether oxygens (including phenoxy) is 3. The number of carboxylic acid groups (broad SMARTS) is 1. The van der Waals surface area contributed by atoms with Gasteiger partial charge in [0.1, 0.15) is 35.0 Å². The SMILES string of the molecule is COc1ccc2c(OC)cccc2c1CCNc1cc(-c2ccc(C(=O)O)c(OC3CCC3)c2)ncn1. The third kappa shape index (κ3) is 5.14. The Morgan fingerprint density at radius 1 is 0.973 bits per heavy atom. The Labute approximate surface area is 215 Å². The van der Waals surface area contributed by atoms with Gasteiger partial charge in [0.2, 0.25) is 0 Å². The lowest BCUT2D eigenvalue weighted by Crippen LogP contribution is -2.25. The van der Waals surface area contributed by atoms with Gasteiger partial charge in [-0.1, -0.05) is 18.2 Å². The molecular formula is C29H29N3O5. The molecular weight excluding hydrogens is 470 g/mol. The minimum absolute atomic E-state index is 0.0713. The second-order valence-electron chi connectivity index (χ2n) is 8.95. The summed E-state index contributed by atoms with van der Waals surface area (Å²) in [5.41, 5.74) is 2.69. The standard InChI is InChI=1S/C29H29N3O5/c1-35-25-8-4-7-20-21(25)11-12-26(36-2)22(20)13-14-30-28-16-24(31-17-32-28)18-9-10-23(29(33)34)27(15-18)37-19-5-3-6-19/h4,7-12,15-17,19H,3,5-6,13-14H2,1-2H3,(H,33,34)(H,30,31,32). The van der Waals surface area contributed by atoms with E-state index in [9.17, 15) is 9.90 Å². The van der Waals surface area contributed by atoms with Gasteiger partial charge in [0.25, 0.3) is 0 Å². The number of carboxylic acids is 1. The molecule has 5 rings (SSSR count). The summed E-state index contributed by atoms with van der Waals surface area (Å²) in [6, 6.07) is 16.9. The van der Waals surface area contributed by atoms with Crippen molar-refractivity contribution >= 4 is 22.6 Å². The number of methoxy groups -OCH3 is 2. The molecule has 3 aromatic carbocycles. The van der Waals surface area contributed by atoms with E-state index in [1.165, 1.54) is 6.33 Å². The van der Waals surface area contributed by atoms with Crippen LogP contribution in [0.25, 0.3) is 22.0 Å². The van der Waals surface area contributed by atoms with Crippen LogP contribution in [0.1, 0.15) is 35.2 Å². The van der Waals surface area contributed by atoms with Gasteiger partial charge in [0, 0.05) is 29.1 Å². The number of hydrogen-bond donors (Lipinski definition) is 2. The molecule has 2 N–H and O–H groups in total. The molecule has 8 heteroatoms. The summed E-state index contributed by atoms with van der Waals surface area (Å²) >= 11 is 0. The Bertz CT molecular complexity index is 1430. The monoisotopic (exact) mass is 499 g/mol. The van der Waals surface area contributed by atoms with Crippen LogP contribution < -0.4 is 19.5 Å². The predicted molar refractivity (Wildman–Crippen MR) is 142 cm³/mol. The maximum atomic E-state index is 11.7. The highest BCUT2D eigenvalue weighted by Gasteiger charge is 2.22. The number of aromatic nitrogens is 2. The van der Waals surface area contributed by atoms with Crippen LogP contribution in [0.4, 0.5) is 5.82 Å². The number of anilines is 1. The summed E-state index contributed by atoms with van der Waals surface area (Å²) in [6.07, 6.45) is 5.27. The van der Waals surface area contributed by atoms with Crippen molar-refractivity contribution in [3.8, 4) is 28.5 Å². The van der Waals surface area contributed by atoms with Crippen LogP contribution in [-0.2, 0) is 6.42 Å². The van der Waals surface area contributed by atoms with Crippen LogP contribution >= 0.6 is 0 Å². The Hall–Kier alpha value is -4.33. The maximum Gasteiger partial charge on any atom is 0.339 e. The molecule has 0 aliphatic heterocycles. The maximum absolute atomic E-state index is 11.7. The van der Waals surface area contributed by atoms with Gasteiger partial charge in [-0.15, -0.1) is 0 Å². The van der Waals surface area contributed by atoms with E-state index < -0.39 is 5.97 Å². The van der Waals surface area contributed by atoms with Gasteiger partial charge in [0.05, 0.1) is 26.0 Å². The number of rotatable bonds is 10. The Balaban J connectivity index is 1.35. The van der Waals surface area contributed by atoms with Crippen molar-refractivity contribution in [3.05, 3.63) is 72.1 Å². The van der Waals surface area contributed by atoms with Gasteiger partial charge >= 0.3 is 5.97 Å². The molecule has 4 aromatic rings. The van der Waals surface area contributed by atoms with Crippen molar-refractivity contribution in [2.45, 2.75) is 31.8 Å². The molecule has 0 spiro atoms. The van der Waals surface area contributed by atoms with Gasteiger partial charge in [-0.05, 0) is 61.4 Å². The summed E-state index contributed by atoms with van der Waals surface area (Å²) in [5.74, 6) is 1.69. The average Bonchev–Trinajstić information content (AvgIpc) is 2.90. The topological polar surface area (TPSA) is 103 Å². The average molecular weight is 500 g/mol. The lowest BCUT2D eigenvalue weighted by Gasteiger charge is -2.27. The van der Waals surface area contributed by atoms with Crippen molar-refractivity contribution < 1.29 is 24.1 Å².